The molecule has 1 saturated heterocycles. The predicted molar refractivity (Wildman–Crippen MR) is 168 cm³/mol. The van der Waals surface area contributed by atoms with Gasteiger partial charge in [0, 0.05) is 36.5 Å². The van der Waals surface area contributed by atoms with Crippen LogP contribution in [0.25, 0.3) is 5.69 Å². The van der Waals surface area contributed by atoms with E-state index in [1.165, 1.54) is 6.07 Å². The fourth-order valence-corrected chi connectivity index (χ4v) is 5.32. The van der Waals surface area contributed by atoms with Gasteiger partial charge in [-0.1, -0.05) is 50.6 Å². The molecule has 1 aliphatic rings. The number of hydrogen-bond donors (Lipinski definition) is 2. The summed E-state index contributed by atoms with van der Waals surface area (Å²) >= 11 is 0. The van der Waals surface area contributed by atoms with Crippen molar-refractivity contribution in [3.05, 3.63) is 101 Å². The maximum Gasteiger partial charge on any atom is 0.433 e. The Kier molecular flexibility index (Phi) is 8.99. The van der Waals surface area contributed by atoms with Crippen LogP contribution < -0.4 is 10.6 Å². The van der Waals surface area contributed by atoms with Gasteiger partial charge in [-0.25, -0.2) is 9.48 Å². The Bertz CT molecular complexity index is 1650. The molecule has 0 saturated carbocycles. The number of nitrogens with one attached hydrogen (secondary N) is 2. The maximum atomic E-state index is 13.1. The van der Waals surface area contributed by atoms with Gasteiger partial charge in [0.15, 0.2) is 0 Å². The van der Waals surface area contributed by atoms with Crippen LogP contribution in [0.2, 0.25) is 0 Å². The average Bonchev–Trinajstić information content (AvgIpc) is 3.41. The number of amides is 3. The van der Waals surface area contributed by atoms with Crippen molar-refractivity contribution in [2.45, 2.75) is 58.5 Å². The second kappa shape index (κ2) is 12.7. The molecule has 4 aromatic rings. The van der Waals surface area contributed by atoms with Crippen LogP contribution in [0, 0.1) is 12.8 Å². The number of likely N-dealkylation sites (tertiary alicyclic amines) is 1. The number of urea groups is 1. The molecular weight excluding hydrogens is 581 g/mol. The van der Waals surface area contributed by atoms with Crippen LogP contribution in [-0.4, -0.2) is 44.7 Å². The number of aryl methyl sites for hydroxylation is 1. The minimum absolute atomic E-state index is 0.148. The maximum absolute atomic E-state index is 13.1. The molecule has 0 bridgehead atoms. The van der Waals surface area contributed by atoms with Gasteiger partial charge >= 0.3 is 12.2 Å². The molecule has 2 aromatic heterocycles. The van der Waals surface area contributed by atoms with Crippen molar-refractivity contribution >= 4 is 23.4 Å². The lowest BCUT2D eigenvalue weighted by atomic mass is 9.90. The first kappa shape index (κ1) is 31.7. The Labute approximate surface area is 260 Å². The van der Waals surface area contributed by atoms with Gasteiger partial charge in [-0.15, -0.1) is 0 Å². The largest absolute Gasteiger partial charge is 0.433 e. The van der Waals surface area contributed by atoms with Gasteiger partial charge in [0.1, 0.15) is 11.5 Å². The molecular formula is C34H37F3N6O2. The van der Waals surface area contributed by atoms with Crippen LogP contribution in [0.4, 0.5) is 29.5 Å². The van der Waals surface area contributed by atoms with E-state index in [1.54, 1.807) is 9.58 Å². The smallest absolute Gasteiger partial charge is 0.339 e. The van der Waals surface area contributed by atoms with Crippen molar-refractivity contribution in [1.82, 2.24) is 19.7 Å². The SMILES string of the molecule is Cc1ccc(-n2nc(C(C)(C)C)cc2NC(=O)Nc2cccc(CC3CCN(C(=O)c4ccc(C(F)(F)F)nc4)CC3)c2)cc1. The molecule has 0 aliphatic carbocycles. The van der Waals surface area contributed by atoms with Crippen LogP contribution in [0.15, 0.2) is 72.9 Å². The summed E-state index contributed by atoms with van der Waals surface area (Å²) in [6.45, 7) is 9.25. The van der Waals surface area contributed by atoms with E-state index in [9.17, 15) is 22.8 Å². The number of halogens is 3. The number of rotatable bonds is 6. The number of hydrogen-bond acceptors (Lipinski definition) is 4. The summed E-state index contributed by atoms with van der Waals surface area (Å²) < 4.78 is 40.2. The van der Waals surface area contributed by atoms with Crippen LogP contribution in [0.5, 0.6) is 0 Å². The monoisotopic (exact) mass is 618 g/mol. The van der Waals surface area contributed by atoms with E-state index in [1.807, 2.05) is 61.5 Å². The topological polar surface area (TPSA) is 92.2 Å². The second-order valence-corrected chi connectivity index (χ2v) is 12.6. The molecule has 8 nitrogen and oxygen atoms in total. The summed E-state index contributed by atoms with van der Waals surface area (Å²) in [6.07, 6.45) is -1.26. The Hall–Kier alpha value is -4.67. The summed E-state index contributed by atoms with van der Waals surface area (Å²) in [7, 11) is 0. The second-order valence-electron chi connectivity index (χ2n) is 12.6. The number of aromatic nitrogens is 3. The van der Waals surface area contributed by atoms with Gasteiger partial charge in [0.25, 0.3) is 5.91 Å². The number of benzene rings is 2. The minimum Gasteiger partial charge on any atom is -0.339 e. The highest BCUT2D eigenvalue weighted by molar-refractivity contribution is 5.99. The molecule has 0 spiro atoms. The van der Waals surface area contributed by atoms with E-state index in [0.717, 1.165) is 54.0 Å². The predicted octanol–water partition coefficient (Wildman–Crippen LogP) is 7.63. The molecule has 11 heteroatoms. The van der Waals surface area contributed by atoms with Gasteiger partial charge < -0.3 is 10.2 Å². The van der Waals surface area contributed by atoms with Crippen molar-refractivity contribution in [1.29, 1.82) is 0 Å². The molecule has 1 aliphatic heterocycles. The van der Waals surface area contributed by atoms with Crippen molar-refractivity contribution in [3.8, 4) is 5.69 Å². The Morgan fingerprint density at radius 2 is 1.62 bits per heavy atom. The lowest BCUT2D eigenvalue weighted by Gasteiger charge is -2.32. The van der Waals surface area contributed by atoms with Crippen LogP contribution >= 0.6 is 0 Å². The first-order valence-electron chi connectivity index (χ1n) is 14.9. The molecule has 0 radical (unpaired) electrons. The Morgan fingerprint density at radius 3 is 2.24 bits per heavy atom. The van der Waals surface area contributed by atoms with Crippen LogP contribution in [0.1, 0.15) is 66.5 Å². The van der Waals surface area contributed by atoms with E-state index in [0.29, 0.717) is 30.5 Å². The number of carbonyl (C=O) groups is 2. The third-order valence-electron chi connectivity index (χ3n) is 7.91. The van der Waals surface area contributed by atoms with Gasteiger partial charge in [-0.2, -0.15) is 18.3 Å². The Balaban J connectivity index is 1.18. The molecule has 5 rings (SSSR count). The molecule has 3 heterocycles. The van der Waals surface area contributed by atoms with Crippen molar-refractivity contribution in [3.63, 3.8) is 0 Å². The molecule has 3 amide bonds. The fraction of sp³-hybridized carbons (Fsp3) is 0.353. The van der Waals surface area contributed by atoms with Gasteiger partial charge in [0.2, 0.25) is 0 Å². The molecule has 45 heavy (non-hydrogen) atoms. The zero-order valence-electron chi connectivity index (χ0n) is 25.8. The summed E-state index contributed by atoms with van der Waals surface area (Å²) in [5.74, 6) is 0.569. The first-order valence-corrected chi connectivity index (χ1v) is 14.9. The Morgan fingerprint density at radius 1 is 0.911 bits per heavy atom. The number of pyridine rings is 1. The molecule has 2 aromatic carbocycles. The van der Waals surface area contributed by atoms with Crippen molar-refractivity contribution in [2.75, 3.05) is 23.7 Å². The van der Waals surface area contributed by atoms with Crippen molar-refractivity contribution < 1.29 is 22.8 Å². The van der Waals surface area contributed by atoms with E-state index in [4.69, 9.17) is 5.10 Å². The van der Waals surface area contributed by atoms with E-state index < -0.39 is 11.9 Å². The highest BCUT2D eigenvalue weighted by atomic mass is 19.4. The van der Waals surface area contributed by atoms with Crippen molar-refractivity contribution in [2.24, 2.45) is 5.92 Å². The number of piperidine rings is 1. The molecule has 0 atom stereocenters. The number of nitrogens with zero attached hydrogens (tertiary/aromatic N) is 4. The quantitative estimate of drug-likeness (QED) is 0.232. The van der Waals surface area contributed by atoms with E-state index in [-0.39, 0.29) is 22.9 Å². The minimum atomic E-state index is -4.54. The molecule has 2 N–H and O–H groups in total. The van der Waals surface area contributed by atoms with Gasteiger partial charge in [-0.05, 0) is 74.1 Å². The van der Waals surface area contributed by atoms with E-state index >= 15 is 0 Å². The fourth-order valence-electron chi connectivity index (χ4n) is 5.32. The summed E-state index contributed by atoms with van der Waals surface area (Å²) in [6, 6.07) is 19.1. The summed E-state index contributed by atoms with van der Waals surface area (Å²) in [5, 5.41) is 10.7. The molecule has 0 unspecified atom stereocenters. The lowest BCUT2D eigenvalue weighted by molar-refractivity contribution is -0.141. The highest BCUT2D eigenvalue weighted by Crippen LogP contribution is 2.29. The summed E-state index contributed by atoms with van der Waals surface area (Å²) in [5.41, 5.74) is 3.46. The summed E-state index contributed by atoms with van der Waals surface area (Å²) in [4.78, 5) is 31.0. The van der Waals surface area contributed by atoms with Gasteiger partial charge in [-0.3, -0.25) is 15.1 Å². The third-order valence-corrected chi connectivity index (χ3v) is 7.91. The van der Waals surface area contributed by atoms with Gasteiger partial charge in [0.05, 0.1) is 16.9 Å². The molecule has 236 valence electrons. The normalized spacial score (nSPS) is 14.3. The number of carbonyl (C=O) groups excluding carboxylic acids is 2. The van der Waals surface area contributed by atoms with Crippen LogP contribution in [-0.2, 0) is 18.0 Å². The third kappa shape index (κ3) is 7.89. The first-order chi connectivity index (χ1) is 21.3. The lowest BCUT2D eigenvalue weighted by Crippen LogP contribution is -2.39. The highest BCUT2D eigenvalue weighted by Gasteiger charge is 2.33. The van der Waals surface area contributed by atoms with Crippen LogP contribution in [0.3, 0.4) is 0 Å². The zero-order valence-corrected chi connectivity index (χ0v) is 25.8. The standard InChI is InChI=1S/C34H37F3N6O2/c1-22-8-11-27(12-9-22)43-30(20-29(41-43)33(2,3)4)40-32(45)39-26-7-5-6-24(19-26)18-23-14-16-42(17-15-23)31(44)25-10-13-28(38-21-25)34(35,36)37/h5-13,19-21,23H,14-18H2,1-4H3,(H2,39,40,45). The average molecular weight is 619 g/mol. The molecule has 1 fully saturated rings. The zero-order chi connectivity index (χ0) is 32.4. The number of anilines is 2. The number of alkyl halides is 3. The van der Waals surface area contributed by atoms with E-state index in [2.05, 4.69) is 36.4 Å².